The summed E-state index contributed by atoms with van der Waals surface area (Å²) in [5.41, 5.74) is 6.91. The van der Waals surface area contributed by atoms with Crippen molar-refractivity contribution in [2.24, 2.45) is 0 Å². The number of benzene rings is 1. The molecular formula is C13H16N2O3. The number of carbonyl (C=O) groups is 1. The second-order valence-corrected chi connectivity index (χ2v) is 4.60. The molecule has 0 aliphatic carbocycles. The van der Waals surface area contributed by atoms with Crippen molar-refractivity contribution in [3.8, 4) is 11.5 Å². The van der Waals surface area contributed by atoms with Crippen LogP contribution in [0.25, 0.3) is 0 Å². The Labute approximate surface area is 105 Å². The summed E-state index contributed by atoms with van der Waals surface area (Å²) in [6, 6.07) is 3.26. The molecule has 5 nitrogen and oxygen atoms in total. The summed E-state index contributed by atoms with van der Waals surface area (Å²) in [6.45, 7) is 1.91. The van der Waals surface area contributed by atoms with E-state index in [4.69, 9.17) is 15.2 Å². The van der Waals surface area contributed by atoms with E-state index >= 15 is 0 Å². The number of Topliss-reactive ketones (excluding diaryl/α,β-unsaturated/α-hetero) is 1. The molecule has 0 amide bonds. The van der Waals surface area contributed by atoms with Gasteiger partial charge in [-0.15, -0.1) is 0 Å². The van der Waals surface area contributed by atoms with Crippen LogP contribution in [0.15, 0.2) is 12.1 Å². The van der Waals surface area contributed by atoms with Crippen molar-refractivity contribution in [2.75, 3.05) is 25.5 Å². The predicted molar refractivity (Wildman–Crippen MR) is 67.2 cm³/mol. The Morgan fingerprint density at radius 1 is 1.28 bits per heavy atom. The van der Waals surface area contributed by atoms with Gasteiger partial charge in [-0.3, -0.25) is 4.79 Å². The first-order valence-corrected chi connectivity index (χ1v) is 6.22. The van der Waals surface area contributed by atoms with Crippen LogP contribution in [0.1, 0.15) is 23.2 Å². The van der Waals surface area contributed by atoms with Crippen molar-refractivity contribution in [2.45, 2.75) is 18.9 Å². The third-order valence-corrected chi connectivity index (χ3v) is 3.36. The first-order chi connectivity index (χ1) is 8.75. The first-order valence-electron chi connectivity index (χ1n) is 6.22. The number of carbonyl (C=O) groups excluding carboxylic acids is 1. The fraction of sp³-hybridized carbons (Fsp3) is 0.462. The lowest BCUT2D eigenvalue weighted by atomic mass is 10.0. The average Bonchev–Trinajstić information content (AvgIpc) is 2.91. The molecule has 1 aromatic carbocycles. The van der Waals surface area contributed by atoms with Crippen LogP contribution in [-0.2, 0) is 0 Å². The molecule has 0 saturated carbocycles. The van der Waals surface area contributed by atoms with Gasteiger partial charge in [0.25, 0.3) is 0 Å². The molecule has 1 fully saturated rings. The largest absolute Gasteiger partial charge is 0.486 e. The van der Waals surface area contributed by atoms with Crippen LogP contribution in [0.3, 0.4) is 0 Å². The lowest BCUT2D eigenvalue weighted by molar-refractivity contribution is 0.0952. The van der Waals surface area contributed by atoms with Gasteiger partial charge in [0.1, 0.15) is 13.2 Å². The zero-order chi connectivity index (χ0) is 12.5. The molecule has 0 aromatic heterocycles. The number of nitrogens with two attached hydrogens (primary N) is 1. The van der Waals surface area contributed by atoms with Crippen LogP contribution in [0.5, 0.6) is 11.5 Å². The summed E-state index contributed by atoms with van der Waals surface area (Å²) in [5, 5.41) is 3.18. The SMILES string of the molecule is Nc1cc2c(cc1C(=O)C1CCCN1)OCCO2. The highest BCUT2D eigenvalue weighted by molar-refractivity contribution is 6.05. The zero-order valence-electron chi connectivity index (χ0n) is 10.1. The highest BCUT2D eigenvalue weighted by atomic mass is 16.6. The number of nitrogens with one attached hydrogen (secondary N) is 1. The maximum Gasteiger partial charge on any atom is 0.181 e. The Balaban J connectivity index is 1.93. The van der Waals surface area contributed by atoms with Gasteiger partial charge in [-0.2, -0.15) is 0 Å². The van der Waals surface area contributed by atoms with Crippen molar-refractivity contribution in [1.82, 2.24) is 5.32 Å². The molecule has 18 heavy (non-hydrogen) atoms. The Morgan fingerprint density at radius 2 is 2.00 bits per heavy atom. The molecule has 0 bridgehead atoms. The van der Waals surface area contributed by atoms with Crippen LogP contribution >= 0.6 is 0 Å². The number of rotatable bonds is 2. The number of ketones is 1. The van der Waals surface area contributed by atoms with E-state index in [1.807, 2.05) is 0 Å². The summed E-state index contributed by atoms with van der Waals surface area (Å²) >= 11 is 0. The lowest BCUT2D eigenvalue weighted by Crippen LogP contribution is -2.31. The Bertz CT molecular complexity index is 481. The van der Waals surface area contributed by atoms with Crippen LogP contribution in [0.2, 0.25) is 0 Å². The molecule has 3 N–H and O–H groups in total. The number of nitrogen functional groups attached to an aromatic ring is 1. The van der Waals surface area contributed by atoms with Crippen molar-refractivity contribution >= 4 is 11.5 Å². The van der Waals surface area contributed by atoms with Crippen LogP contribution < -0.4 is 20.5 Å². The molecule has 2 heterocycles. The quantitative estimate of drug-likeness (QED) is 0.602. The van der Waals surface area contributed by atoms with Gasteiger partial charge in [0.05, 0.1) is 6.04 Å². The Morgan fingerprint density at radius 3 is 2.67 bits per heavy atom. The minimum Gasteiger partial charge on any atom is -0.486 e. The highest BCUT2D eigenvalue weighted by Crippen LogP contribution is 2.35. The van der Waals surface area contributed by atoms with Gasteiger partial charge in [-0.05, 0) is 25.5 Å². The second kappa shape index (κ2) is 4.49. The Hall–Kier alpha value is -1.75. The van der Waals surface area contributed by atoms with E-state index in [1.165, 1.54) is 0 Å². The molecule has 0 spiro atoms. The molecule has 1 aromatic rings. The predicted octanol–water partition coefficient (Wildman–Crippen LogP) is 0.975. The van der Waals surface area contributed by atoms with Gasteiger partial charge in [-0.25, -0.2) is 0 Å². The average molecular weight is 248 g/mol. The highest BCUT2D eigenvalue weighted by Gasteiger charge is 2.26. The monoisotopic (exact) mass is 248 g/mol. The topological polar surface area (TPSA) is 73.6 Å². The van der Waals surface area contributed by atoms with Crippen LogP contribution in [0, 0.1) is 0 Å². The van der Waals surface area contributed by atoms with Crippen molar-refractivity contribution in [3.05, 3.63) is 17.7 Å². The van der Waals surface area contributed by atoms with Crippen LogP contribution in [-0.4, -0.2) is 31.6 Å². The smallest absolute Gasteiger partial charge is 0.181 e. The normalized spacial score (nSPS) is 21.9. The molecule has 1 saturated heterocycles. The van der Waals surface area contributed by atoms with Gasteiger partial charge in [0, 0.05) is 17.3 Å². The van der Waals surface area contributed by atoms with E-state index in [2.05, 4.69) is 5.32 Å². The number of ether oxygens (including phenoxy) is 2. The second-order valence-electron chi connectivity index (χ2n) is 4.60. The molecule has 2 aliphatic heterocycles. The van der Waals surface area contributed by atoms with Gasteiger partial charge >= 0.3 is 0 Å². The fourth-order valence-electron chi connectivity index (χ4n) is 2.41. The molecule has 0 radical (unpaired) electrons. The minimum atomic E-state index is -0.116. The van der Waals surface area contributed by atoms with E-state index in [0.29, 0.717) is 36.0 Å². The number of hydrogen-bond acceptors (Lipinski definition) is 5. The van der Waals surface area contributed by atoms with E-state index in [1.54, 1.807) is 12.1 Å². The molecule has 1 atom stereocenters. The molecule has 2 aliphatic rings. The van der Waals surface area contributed by atoms with Crippen molar-refractivity contribution in [3.63, 3.8) is 0 Å². The van der Waals surface area contributed by atoms with Crippen molar-refractivity contribution in [1.29, 1.82) is 0 Å². The summed E-state index contributed by atoms with van der Waals surface area (Å²) in [5.74, 6) is 1.27. The van der Waals surface area contributed by atoms with Gasteiger partial charge in [-0.1, -0.05) is 0 Å². The summed E-state index contributed by atoms with van der Waals surface area (Å²) in [6.07, 6.45) is 1.90. The third kappa shape index (κ3) is 1.90. The van der Waals surface area contributed by atoms with Gasteiger partial charge in [0.2, 0.25) is 0 Å². The van der Waals surface area contributed by atoms with Crippen molar-refractivity contribution < 1.29 is 14.3 Å². The summed E-state index contributed by atoms with van der Waals surface area (Å²) in [4.78, 5) is 12.3. The number of fused-ring (bicyclic) bond motifs is 1. The van der Waals surface area contributed by atoms with E-state index < -0.39 is 0 Å². The van der Waals surface area contributed by atoms with Crippen LogP contribution in [0.4, 0.5) is 5.69 Å². The lowest BCUT2D eigenvalue weighted by Gasteiger charge is -2.20. The third-order valence-electron chi connectivity index (χ3n) is 3.36. The Kier molecular flexibility index (Phi) is 2.83. The molecule has 5 heteroatoms. The zero-order valence-corrected chi connectivity index (χ0v) is 10.1. The minimum absolute atomic E-state index is 0.0435. The number of anilines is 1. The standard InChI is InChI=1S/C13H16N2O3/c14-9-7-12-11(17-4-5-18-12)6-8(9)13(16)10-2-1-3-15-10/h6-7,10,15H,1-5,14H2. The van der Waals surface area contributed by atoms with Gasteiger partial charge in [0.15, 0.2) is 17.3 Å². The summed E-state index contributed by atoms with van der Waals surface area (Å²) < 4.78 is 10.9. The summed E-state index contributed by atoms with van der Waals surface area (Å²) in [7, 11) is 0. The molecule has 3 rings (SSSR count). The van der Waals surface area contributed by atoms with Gasteiger partial charge < -0.3 is 20.5 Å². The first kappa shape index (κ1) is 11.3. The van der Waals surface area contributed by atoms with E-state index in [9.17, 15) is 4.79 Å². The van der Waals surface area contributed by atoms with E-state index in [-0.39, 0.29) is 11.8 Å². The fourth-order valence-corrected chi connectivity index (χ4v) is 2.41. The molecular weight excluding hydrogens is 232 g/mol. The maximum atomic E-state index is 12.3. The number of hydrogen-bond donors (Lipinski definition) is 2. The maximum absolute atomic E-state index is 12.3. The molecule has 96 valence electrons. The molecule has 1 unspecified atom stereocenters. The van der Waals surface area contributed by atoms with E-state index in [0.717, 1.165) is 19.4 Å².